The fraction of sp³-hybridized carbons (Fsp3) is 0.811. The maximum atomic E-state index is 14.6. The number of aliphatic hydroxyl groups excluding tert-OH is 2. The summed E-state index contributed by atoms with van der Waals surface area (Å²) in [6.45, 7) is 13.0. The molecule has 0 saturated carbocycles. The summed E-state index contributed by atoms with van der Waals surface area (Å²) in [7, 11) is 3.67. The van der Waals surface area contributed by atoms with Gasteiger partial charge >= 0.3 is 5.97 Å². The van der Waals surface area contributed by atoms with Crippen molar-refractivity contribution in [3.05, 3.63) is 35.4 Å². The molecule has 0 aromatic heterocycles. The zero-order valence-electron chi connectivity index (χ0n) is 31.9. The number of hydrogen-bond donors (Lipinski definition) is 7. The predicted octanol–water partition coefficient (Wildman–Crippen LogP) is 2.07. The van der Waals surface area contributed by atoms with Crippen LogP contribution in [0.5, 0.6) is 0 Å². The molecule has 1 aromatic rings. The fourth-order valence-electron chi connectivity index (χ4n) is 7.79. The lowest BCUT2D eigenvalue weighted by Gasteiger charge is -2.49. The van der Waals surface area contributed by atoms with Gasteiger partial charge in [-0.05, 0) is 86.5 Å². The predicted molar refractivity (Wildman–Crippen MR) is 187 cm³/mol. The summed E-state index contributed by atoms with van der Waals surface area (Å²) >= 11 is 0. The third kappa shape index (κ3) is 10.2. The van der Waals surface area contributed by atoms with E-state index in [0.29, 0.717) is 13.0 Å². The van der Waals surface area contributed by atoms with Crippen LogP contribution in [0.2, 0.25) is 0 Å². The Bertz CT molecular complexity index is 1290. The molecule has 12 nitrogen and oxygen atoms in total. The van der Waals surface area contributed by atoms with E-state index in [9.17, 15) is 39.1 Å². The molecule has 1 aromatic carbocycles. The molecular formula is C37H63F2N3O9. The maximum absolute atomic E-state index is 14.6. The number of rotatable bonds is 8. The van der Waals surface area contributed by atoms with Crippen molar-refractivity contribution < 1.29 is 53.3 Å². The second kappa shape index (κ2) is 17.5. The molecule has 2 aliphatic rings. The number of hydrogen-bond acceptors (Lipinski definition) is 12. The van der Waals surface area contributed by atoms with E-state index in [0.717, 1.165) is 12.1 Å². The largest absolute Gasteiger partial charge is 0.459 e. The van der Waals surface area contributed by atoms with Crippen LogP contribution in [-0.2, 0) is 25.5 Å². The van der Waals surface area contributed by atoms with E-state index in [4.69, 9.17) is 14.2 Å². The molecule has 2 fully saturated rings. The molecule has 1 unspecified atom stereocenters. The molecule has 0 aliphatic carbocycles. The van der Waals surface area contributed by atoms with Gasteiger partial charge in [0.25, 0.3) is 0 Å². The zero-order chi connectivity index (χ0) is 38.6. The van der Waals surface area contributed by atoms with Crippen LogP contribution in [0.1, 0.15) is 80.2 Å². The van der Waals surface area contributed by atoms with Crippen LogP contribution >= 0.6 is 0 Å². The van der Waals surface area contributed by atoms with Gasteiger partial charge in [0.15, 0.2) is 6.29 Å². The van der Waals surface area contributed by atoms with E-state index in [1.165, 1.54) is 19.9 Å². The Morgan fingerprint density at radius 2 is 1.73 bits per heavy atom. The van der Waals surface area contributed by atoms with E-state index < -0.39 is 83.0 Å². The molecule has 0 radical (unpaired) electrons. The Hall–Kier alpha value is -1.85. The van der Waals surface area contributed by atoms with Crippen molar-refractivity contribution in [1.29, 1.82) is 0 Å². The third-order valence-corrected chi connectivity index (χ3v) is 11.2. The Morgan fingerprint density at radius 3 is 2.31 bits per heavy atom. The highest BCUT2D eigenvalue weighted by atomic mass is 19.1. The Labute approximate surface area is 301 Å². The lowest BCUT2D eigenvalue weighted by Crippen LogP contribution is -2.64. The highest BCUT2D eigenvalue weighted by Gasteiger charge is 2.54. The van der Waals surface area contributed by atoms with Gasteiger partial charge in [0.2, 0.25) is 0 Å². The number of likely N-dealkylation sites (N-methyl/N-ethyl adjacent to an activating group) is 1. The Balaban J connectivity index is 2.14. The fourth-order valence-corrected chi connectivity index (χ4v) is 7.79. The molecule has 2 aliphatic heterocycles. The number of halogens is 2. The maximum Gasteiger partial charge on any atom is 0.312 e. The first-order valence-corrected chi connectivity index (χ1v) is 18.2. The molecule has 14 heteroatoms. The van der Waals surface area contributed by atoms with Gasteiger partial charge in [-0.3, -0.25) is 4.79 Å². The molecule has 0 spiro atoms. The van der Waals surface area contributed by atoms with Crippen molar-refractivity contribution in [2.24, 2.45) is 17.8 Å². The van der Waals surface area contributed by atoms with Crippen molar-refractivity contribution in [1.82, 2.24) is 15.5 Å². The number of ether oxygens (including phenoxy) is 3. The number of carbonyl (C=O) groups is 1. The van der Waals surface area contributed by atoms with Gasteiger partial charge in [0, 0.05) is 42.7 Å². The van der Waals surface area contributed by atoms with E-state index in [-0.39, 0.29) is 49.6 Å². The van der Waals surface area contributed by atoms with E-state index in [2.05, 4.69) is 10.6 Å². The van der Waals surface area contributed by atoms with Crippen LogP contribution < -0.4 is 10.6 Å². The number of nitrogens with zero attached hydrogens (tertiary/aromatic N) is 1. The summed E-state index contributed by atoms with van der Waals surface area (Å²) in [5.74, 6) is -5.09. The first kappa shape index (κ1) is 43.6. The average molecular weight is 732 g/mol. The van der Waals surface area contributed by atoms with E-state index >= 15 is 0 Å². The molecule has 14 atom stereocenters. The highest BCUT2D eigenvalue weighted by molar-refractivity contribution is 5.74. The van der Waals surface area contributed by atoms with Gasteiger partial charge in [-0.2, -0.15) is 0 Å². The minimum Gasteiger partial charge on any atom is -0.459 e. The smallest absolute Gasteiger partial charge is 0.312 e. The molecule has 7 N–H and O–H groups in total. The van der Waals surface area contributed by atoms with Crippen molar-refractivity contribution in [2.75, 3.05) is 27.2 Å². The summed E-state index contributed by atoms with van der Waals surface area (Å²) in [5.41, 5.74) is -5.54. The van der Waals surface area contributed by atoms with Crippen LogP contribution in [0, 0.1) is 29.4 Å². The highest BCUT2D eigenvalue weighted by Crippen LogP contribution is 2.40. The van der Waals surface area contributed by atoms with Gasteiger partial charge in [0.1, 0.15) is 35.5 Å². The summed E-state index contributed by atoms with van der Waals surface area (Å²) in [6, 6.07) is 2.16. The number of benzene rings is 1. The summed E-state index contributed by atoms with van der Waals surface area (Å²) in [5, 5.41) is 65.4. The molecule has 3 rings (SSSR count). The first-order chi connectivity index (χ1) is 23.6. The first-order valence-electron chi connectivity index (χ1n) is 18.2. The summed E-state index contributed by atoms with van der Waals surface area (Å²) < 4.78 is 46.7. The number of nitrogens with one attached hydrogen (secondary N) is 2. The molecule has 2 heterocycles. The van der Waals surface area contributed by atoms with Crippen molar-refractivity contribution in [2.45, 2.75) is 147 Å². The number of cyclic esters (lactones) is 1. The monoisotopic (exact) mass is 731 g/mol. The third-order valence-electron chi connectivity index (χ3n) is 11.2. The molecular weight excluding hydrogens is 668 g/mol. The number of carbonyl (C=O) groups excluding carboxylic acids is 1. The molecule has 0 amide bonds. The topological polar surface area (TPSA) is 173 Å². The van der Waals surface area contributed by atoms with Crippen molar-refractivity contribution >= 4 is 5.97 Å². The molecule has 51 heavy (non-hydrogen) atoms. The standard InChI is InChI=1S/C37H63F2N3O9/c1-11-29-36(8,47)31(44)24(6)41-17-20(2)16-35(7,46)32(51-34-30(43)28(42(9)10)14-21(3)49-34)22(4)37(48,23(5)33(45)50-29)19-40-18-25-12-13-26(38)15-27(25)39/h12-13,15,20-24,28-32,34,40-41,43-44,46-48H,11,14,16-19H2,1-10H3/t20-,21-,22-,23?,24-,28+,29-,30-,31-,32-,34+,35+,36-,37-/m1/s1. The minimum absolute atomic E-state index is 0.115. The van der Waals surface area contributed by atoms with Gasteiger partial charge in [0.05, 0.1) is 29.3 Å². The van der Waals surface area contributed by atoms with E-state index in [1.807, 2.05) is 32.8 Å². The average Bonchev–Trinajstić information content (AvgIpc) is 3.04. The molecule has 294 valence electrons. The lowest BCUT2D eigenvalue weighted by molar-refractivity contribution is -0.304. The Kier molecular flexibility index (Phi) is 15.0. The quantitative estimate of drug-likeness (QED) is 0.195. The second-order valence-corrected chi connectivity index (χ2v) is 15.8. The van der Waals surface area contributed by atoms with E-state index in [1.54, 1.807) is 27.7 Å². The van der Waals surface area contributed by atoms with Crippen LogP contribution in [0.4, 0.5) is 8.78 Å². The second-order valence-electron chi connectivity index (χ2n) is 15.8. The lowest BCUT2D eigenvalue weighted by atomic mass is 9.70. The Morgan fingerprint density at radius 1 is 1.08 bits per heavy atom. The summed E-state index contributed by atoms with van der Waals surface area (Å²) in [6.07, 6.45) is -5.65. The van der Waals surface area contributed by atoms with Gasteiger partial charge in [-0.25, -0.2) is 8.78 Å². The molecule has 0 bridgehead atoms. The van der Waals surface area contributed by atoms with Crippen molar-refractivity contribution in [3.63, 3.8) is 0 Å². The van der Waals surface area contributed by atoms with Crippen LogP contribution in [0.25, 0.3) is 0 Å². The summed E-state index contributed by atoms with van der Waals surface area (Å²) in [4.78, 5) is 15.9. The van der Waals surface area contributed by atoms with Gasteiger partial charge in [-0.15, -0.1) is 0 Å². The van der Waals surface area contributed by atoms with Gasteiger partial charge in [-0.1, -0.05) is 26.8 Å². The number of esters is 1. The van der Waals surface area contributed by atoms with Crippen LogP contribution in [-0.4, -0.2) is 129 Å². The minimum atomic E-state index is -2.08. The molecule has 2 saturated heterocycles. The van der Waals surface area contributed by atoms with Crippen molar-refractivity contribution in [3.8, 4) is 0 Å². The van der Waals surface area contributed by atoms with Crippen LogP contribution in [0.3, 0.4) is 0 Å². The normalized spacial score (nSPS) is 42.2. The van der Waals surface area contributed by atoms with Gasteiger partial charge < -0.3 is 55.3 Å². The number of aliphatic hydroxyl groups is 5. The van der Waals surface area contributed by atoms with Crippen LogP contribution in [0.15, 0.2) is 18.2 Å². The SMILES string of the molecule is CC[C@H]1OC(=O)C(C)[C@@](O)(CNCc2ccc(F)cc2F)[C@H](C)[C@@H](O[C@@H]2O[C@H](C)C[C@H](N(C)C)[C@H]2O)[C@@](C)(O)C[C@@H](C)CN[C@H](C)[C@@H](O)[C@]1(C)O. The zero-order valence-corrected chi connectivity index (χ0v) is 31.9.